The Balaban J connectivity index is 0.982. The number of rotatable bonds is 8. The first-order valence-corrected chi connectivity index (χ1v) is 25.0. The maximum Gasteiger partial charge on any atom is 0.151 e. The maximum atomic E-state index is 9.86. The summed E-state index contributed by atoms with van der Waals surface area (Å²) in [5.41, 5.74) is 14.9. The van der Waals surface area contributed by atoms with Gasteiger partial charge in [0, 0.05) is 17.1 Å². The smallest absolute Gasteiger partial charge is 0.151 e. The summed E-state index contributed by atoms with van der Waals surface area (Å²) < 4.78 is 19.3. The molecule has 0 saturated carbocycles. The van der Waals surface area contributed by atoms with Gasteiger partial charge < -0.3 is 28.9 Å². The molecule has 0 amide bonds. The van der Waals surface area contributed by atoms with Crippen molar-refractivity contribution in [2.24, 2.45) is 0 Å². The Morgan fingerprint density at radius 1 is 0.280 bits per heavy atom. The lowest BCUT2D eigenvalue weighted by Gasteiger charge is -2.39. The number of ether oxygens (including phenoxy) is 3. The van der Waals surface area contributed by atoms with E-state index in [9.17, 15) is 5.26 Å². The first kappa shape index (κ1) is 43.5. The molecule has 3 aliphatic heterocycles. The molecule has 0 atom stereocenters. The van der Waals surface area contributed by atoms with Gasteiger partial charge in [0.2, 0.25) is 0 Å². The van der Waals surface area contributed by atoms with E-state index in [1.807, 2.05) is 91.0 Å². The fraction of sp³-hybridized carbons (Fsp3) is 0.0147. The molecule has 0 aromatic heterocycles. The van der Waals surface area contributed by atoms with Crippen LogP contribution in [-0.4, -0.2) is 0 Å². The van der Waals surface area contributed by atoms with Crippen LogP contribution in [0.2, 0.25) is 0 Å². The summed E-state index contributed by atoms with van der Waals surface area (Å²) in [7, 11) is 0. The molecular weight excluding hydrogens is 921 g/mol. The first-order chi connectivity index (χ1) is 37.1. The lowest BCUT2D eigenvalue weighted by Crippen LogP contribution is -2.31. The van der Waals surface area contributed by atoms with Crippen molar-refractivity contribution in [3.63, 3.8) is 0 Å². The van der Waals surface area contributed by atoms with Gasteiger partial charge in [-0.1, -0.05) is 146 Å². The summed E-state index contributed by atoms with van der Waals surface area (Å²) in [6.45, 7) is 0. The second-order valence-corrected chi connectivity index (χ2v) is 18.8. The van der Waals surface area contributed by atoms with Gasteiger partial charge in [0.1, 0.15) is 0 Å². The molecule has 11 aromatic carbocycles. The van der Waals surface area contributed by atoms with E-state index in [4.69, 9.17) is 14.2 Å². The van der Waals surface area contributed by atoms with Crippen LogP contribution in [0.1, 0.15) is 27.8 Å². The standard InChI is InChI=1S/C68H44N4O3/c69-45-46-14-13-15-48(44-46)47-28-30-49(31-29-47)68(50-32-38-53(39-33-50)70-56-16-1-7-22-62(56)73-63-23-8-2-17-57(63)70,51-34-40-54(41-35-51)71-58-18-3-9-24-64(58)74-65-25-10-4-19-59(65)71)52-36-42-55(43-37-52)72-60-20-5-11-26-66(60)75-67-27-12-6-21-61(67)72/h1-44H. The van der Waals surface area contributed by atoms with E-state index in [2.05, 4.69) is 197 Å². The van der Waals surface area contributed by atoms with Gasteiger partial charge in [0.05, 0.1) is 51.2 Å². The summed E-state index contributed by atoms with van der Waals surface area (Å²) in [4.78, 5) is 6.84. The molecule has 11 aromatic rings. The average Bonchev–Trinajstić information content (AvgIpc) is 3.49. The lowest BCUT2D eigenvalue weighted by atomic mass is 9.65. The number of hydrogen-bond donors (Lipinski definition) is 0. The minimum absolute atomic E-state index is 0.618. The number of benzene rings is 11. The zero-order valence-electron chi connectivity index (χ0n) is 40.4. The molecule has 7 heteroatoms. The monoisotopic (exact) mass is 964 g/mol. The van der Waals surface area contributed by atoms with Crippen LogP contribution in [0.4, 0.5) is 51.2 Å². The normalized spacial score (nSPS) is 12.8. The molecule has 0 bridgehead atoms. The first-order valence-electron chi connectivity index (χ1n) is 25.0. The van der Waals surface area contributed by atoms with Crippen molar-refractivity contribution in [3.8, 4) is 51.7 Å². The number of fused-ring (bicyclic) bond motifs is 6. The largest absolute Gasteiger partial charge is 0.453 e. The molecule has 0 unspecified atom stereocenters. The molecule has 75 heavy (non-hydrogen) atoms. The van der Waals surface area contributed by atoms with Gasteiger partial charge >= 0.3 is 0 Å². The highest BCUT2D eigenvalue weighted by Crippen LogP contribution is 2.55. The molecule has 14 rings (SSSR count). The quantitative estimate of drug-likeness (QED) is 0.141. The van der Waals surface area contributed by atoms with E-state index in [-0.39, 0.29) is 0 Å². The second-order valence-electron chi connectivity index (χ2n) is 18.8. The average molecular weight is 965 g/mol. The second kappa shape index (κ2) is 17.8. The molecule has 3 aliphatic rings. The van der Waals surface area contributed by atoms with Gasteiger partial charge in [-0.15, -0.1) is 0 Å². The fourth-order valence-electron chi connectivity index (χ4n) is 11.2. The SMILES string of the molecule is N#Cc1cccc(-c2ccc(C(c3ccc(N4c5ccccc5Oc5ccccc54)cc3)(c3ccc(N4c5ccccc5Oc5ccccc54)cc3)c3ccc(N4c5ccccc5Oc5ccccc54)cc3)cc2)c1. The third kappa shape index (κ3) is 7.19. The third-order valence-electron chi connectivity index (χ3n) is 14.6. The maximum absolute atomic E-state index is 9.86. The molecule has 0 N–H and O–H groups in total. The Kier molecular flexibility index (Phi) is 10.3. The fourth-order valence-corrected chi connectivity index (χ4v) is 11.2. The Morgan fingerprint density at radius 3 is 0.853 bits per heavy atom. The number of anilines is 9. The van der Waals surface area contributed by atoms with E-state index in [1.165, 1.54) is 0 Å². The van der Waals surface area contributed by atoms with E-state index in [1.54, 1.807) is 0 Å². The van der Waals surface area contributed by atoms with E-state index < -0.39 is 5.41 Å². The summed E-state index contributed by atoms with van der Waals surface area (Å²) in [6.07, 6.45) is 0. The Labute approximate surface area is 435 Å². The topological polar surface area (TPSA) is 61.2 Å². The van der Waals surface area contributed by atoms with Crippen molar-refractivity contribution in [1.29, 1.82) is 5.26 Å². The number of hydrogen-bond acceptors (Lipinski definition) is 7. The van der Waals surface area contributed by atoms with Gasteiger partial charge in [-0.2, -0.15) is 5.26 Å². The van der Waals surface area contributed by atoms with Gasteiger partial charge in [-0.3, -0.25) is 0 Å². The van der Waals surface area contributed by atoms with Crippen LogP contribution >= 0.6 is 0 Å². The van der Waals surface area contributed by atoms with Crippen molar-refractivity contribution < 1.29 is 14.2 Å². The van der Waals surface area contributed by atoms with Crippen LogP contribution in [0.15, 0.2) is 267 Å². The zero-order valence-corrected chi connectivity index (χ0v) is 40.4. The van der Waals surface area contributed by atoms with Crippen LogP contribution in [-0.2, 0) is 5.41 Å². The molecule has 0 fully saturated rings. The summed E-state index contributed by atoms with van der Waals surface area (Å²) >= 11 is 0. The third-order valence-corrected chi connectivity index (χ3v) is 14.6. The van der Waals surface area contributed by atoms with Crippen LogP contribution in [0.3, 0.4) is 0 Å². The highest BCUT2D eigenvalue weighted by molar-refractivity contribution is 5.89. The highest BCUT2D eigenvalue weighted by Gasteiger charge is 2.40. The molecule has 7 nitrogen and oxygen atoms in total. The number of nitrogens with zero attached hydrogens (tertiary/aromatic N) is 4. The Hall–Kier alpha value is -10.3. The Morgan fingerprint density at radius 2 is 0.560 bits per heavy atom. The van der Waals surface area contributed by atoms with Gasteiger partial charge in [0.25, 0.3) is 0 Å². The van der Waals surface area contributed by atoms with Crippen molar-refractivity contribution in [2.75, 3.05) is 14.7 Å². The van der Waals surface area contributed by atoms with E-state index >= 15 is 0 Å². The van der Waals surface area contributed by atoms with Crippen LogP contribution in [0.25, 0.3) is 11.1 Å². The van der Waals surface area contributed by atoms with Crippen LogP contribution in [0.5, 0.6) is 34.5 Å². The highest BCUT2D eigenvalue weighted by atomic mass is 16.5. The molecule has 0 radical (unpaired) electrons. The lowest BCUT2D eigenvalue weighted by molar-refractivity contribution is 0.477. The molecule has 0 aliphatic carbocycles. The summed E-state index contributed by atoms with van der Waals surface area (Å²) in [5.74, 6) is 4.78. The van der Waals surface area contributed by atoms with E-state index in [0.29, 0.717) is 5.56 Å². The predicted molar refractivity (Wildman–Crippen MR) is 299 cm³/mol. The summed E-state index contributed by atoms with van der Waals surface area (Å²) in [6, 6.07) is 95.3. The van der Waals surface area contributed by atoms with Crippen molar-refractivity contribution in [3.05, 3.63) is 295 Å². The molecule has 0 spiro atoms. The molecule has 354 valence electrons. The Bertz CT molecular complexity index is 3540. The van der Waals surface area contributed by atoms with Crippen molar-refractivity contribution in [1.82, 2.24) is 0 Å². The van der Waals surface area contributed by atoms with E-state index in [0.717, 1.165) is 119 Å². The van der Waals surface area contributed by atoms with Crippen LogP contribution < -0.4 is 28.9 Å². The molecule has 3 heterocycles. The molecule has 0 saturated heterocycles. The van der Waals surface area contributed by atoms with Crippen molar-refractivity contribution >= 4 is 51.2 Å². The number of nitriles is 1. The van der Waals surface area contributed by atoms with Gasteiger partial charge in [0.15, 0.2) is 34.5 Å². The van der Waals surface area contributed by atoms with Crippen molar-refractivity contribution in [2.45, 2.75) is 5.41 Å². The zero-order chi connectivity index (χ0) is 49.9. The van der Waals surface area contributed by atoms with Gasteiger partial charge in [-0.25, -0.2) is 0 Å². The minimum Gasteiger partial charge on any atom is -0.453 e. The number of para-hydroxylation sites is 12. The minimum atomic E-state index is -0.870. The summed E-state index contributed by atoms with van der Waals surface area (Å²) in [5, 5.41) is 9.86. The van der Waals surface area contributed by atoms with Gasteiger partial charge in [-0.05, 0) is 155 Å². The molecular formula is C68H44N4O3. The van der Waals surface area contributed by atoms with Crippen LogP contribution in [0, 0.1) is 11.3 Å². The predicted octanol–water partition coefficient (Wildman–Crippen LogP) is 18.3.